The molecule has 0 aromatic heterocycles. The van der Waals surface area contributed by atoms with Crippen LogP contribution >= 0.6 is 0 Å². The topological polar surface area (TPSA) is 67.4 Å². The van der Waals surface area contributed by atoms with Crippen LogP contribution in [0.4, 0.5) is 5.69 Å². The van der Waals surface area contributed by atoms with Gasteiger partial charge in [0.15, 0.2) is 5.72 Å². The van der Waals surface area contributed by atoms with E-state index in [1.54, 1.807) is 0 Å². The van der Waals surface area contributed by atoms with Crippen molar-refractivity contribution >= 4 is 17.5 Å². The first-order valence-corrected chi connectivity index (χ1v) is 10.0. The molecule has 2 fully saturated rings. The molecule has 0 spiro atoms. The van der Waals surface area contributed by atoms with E-state index < -0.39 is 11.6 Å². The number of rotatable bonds is 2. The Hall–Kier alpha value is -2.82. The van der Waals surface area contributed by atoms with Crippen molar-refractivity contribution in [3.05, 3.63) is 59.7 Å². The van der Waals surface area contributed by atoms with E-state index in [1.165, 1.54) is 0 Å². The second kappa shape index (κ2) is 6.36. The van der Waals surface area contributed by atoms with Gasteiger partial charge in [-0.25, -0.2) is 0 Å². The number of aryl methyl sites for hydroxylation is 1. The summed E-state index contributed by atoms with van der Waals surface area (Å²) in [7, 11) is 0. The number of fused-ring (bicyclic) bond motifs is 2. The number of carbonyl (C=O) groups is 2. The Morgan fingerprint density at radius 2 is 2.04 bits per heavy atom. The van der Waals surface area contributed by atoms with Crippen LogP contribution in [0.1, 0.15) is 42.7 Å². The van der Waals surface area contributed by atoms with E-state index >= 15 is 0 Å². The minimum absolute atomic E-state index is 0.113. The van der Waals surface area contributed by atoms with Crippen LogP contribution in [0.5, 0.6) is 5.75 Å². The van der Waals surface area contributed by atoms with Crippen LogP contribution in [0.25, 0.3) is 0 Å². The number of hydrogen-bond acceptors (Lipinski definition) is 3. The van der Waals surface area contributed by atoms with E-state index in [0.29, 0.717) is 0 Å². The number of anilines is 1. The van der Waals surface area contributed by atoms with Crippen LogP contribution < -0.4 is 15.4 Å². The molecule has 2 bridgehead atoms. The summed E-state index contributed by atoms with van der Waals surface area (Å²) in [5.41, 5.74) is 2.09. The number of piperidine rings is 1. The van der Waals surface area contributed by atoms with Gasteiger partial charge in [-0.05, 0) is 49.1 Å². The summed E-state index contributed by atoms with van der Waals surface area (Å²) in [6.45, 7) is 1.98. The Morgan fingerprint density at radius 1 is 1.18 bits per heavy atom. The van der Waals surface area contributed by atoms with Gasteiger partial charge >= 0.3 is 0 Å². The molecule has 4 atom stereocenters. The second-order valence-electron chi connectivity index (χ2n) is 8.23. The Balaban J connectivity index is 1.55. The van der Waals surface area contributed by atoms with Crippen LogP contribution in [0.15, 0.2) is 48.5 Å². The number of amides is 2. The van der Waals surface area contributed by atoms with Gasteiger partial charge in [-0.15, -0.1) is 0 Å². The molecule has 2 N–H and O–H groups in total. The average Bonchev–Trinajstić information content (AvgIpc) is 2.67. The molecular weight excluding hydrogens is 352 g/mol. The van der Waals surface area contributed by atoms with Crippen molar-refractivity contribution in [1.82, 2.24) is 5.32 Å². The number of benzene rings is 2. The van der Waals surface area contributed by atoms with Crippen molar-refractivity contribution in [3.8, 4) is 5.75 Å². The van der Waals surface area contributed by atoms with Crippen molar-refractivity contribution in [1.29, 1.82) is 0 Å². The first-order chi connectivity index (χ1) is 13.6. The largest absolute Gasteiger partial charge is 0.467 e. The maximum atomic E-state index is 13.3. The Morgan fingerprint density at radius 3 is 2.89 bits per heavy atom. The predicted molar refractivity (Wildman–Crippen MR) is 106 cm³/mol. The summed E-state index contributed by atoms with van der Waals surface area (Å²) < 4.78 is 6.36. The van der Waals surface area contributed by atoms with Gasteiger partial charge in [0.25, 0.3) is 0 Å². The molecule has 1 aliphatic carbocycles. The molecule has 5 heteroatoms. The van der Waals surface area contributed by atoms with Crippen molar-refractivity contribution in [2.45, 2.75) is 44.2 Å². The zero-order valence-electron chi connectivity index (χ0n) is 15.9. The van der Waals surface area contributed by atoms with Crippen LogP contribution in [0.2, 0.25) is 0 Å². The molecule has 5 nitrogen and oxygen atoms in total. The molecule has 5 rings (SSSR count). The Kier molecular flexibility index (Phi) is 3.93. The van der Waals surface area contributed by atoms with E-state index in [9.17, 15) is 9.59 Å². The molecule has 28 heavy (non-hydrogen) atoms. The van der Waals surface area contributed by atoms with Gasteiger partial charge in [0, 0.05) is 23.9 Å². The molecule has 3 aliphatic rings. The standard InChI is InChI=1S/C23H24N2O3/c1-14-7-6-8-15(13-14)24-21(26)20-19-16-9-2-3-11-18(16)28-23(25-22(20)27)12-5-4-10-17(19)23/h2-3,6-9,11,13,17,19-20H,4-5,10,12H2,1H3,(H,24,26)(H,25,27)/t17-,19+,20-,23-/m1/s1. The van der Waals surface area contributed by atoms with Gasteiger partial charge in [-0.3, -0.25) is 9.59 Å². The van der Waals surface area contributed by atoms with Crippen molar-refractivity contribution in [3.63, 3.8) is 0 Å². The maximum absolute atomic E-state index is 13.3. The quantitative estimate of drug-likeness (QED) is 0.785. The molecule has 2 heterocycles. The van der Waals surface area contributed by atoms with Gasteiger partial charge in [0.2, 0.25) is 11.8 Å². The highest BCUT2D eigenvalue weighted by Crippen LogP contribution is 2.55. The minimum atomic E-state index is -0.762. The van der Waals surface area contributed by atoms with Crippen molar-refractivity contribution in [2.75, 3.05) is 5.32 Å². The average molecular weight is 376 g/mol. The third-order valence-electron chi connectivity index (χ3n) is 6.46. The summed E-state index contributed by atoms with van der Waals surface area (Å²) in [4.78, 5) is 26.4. The fourth-order valence-corrected chi connectivity index (χ4v) is 5.30. The lowest BCUT2D eigenvalue weighted by atomic mass is 9.62. The summed E-state index contributed by atoms with van der Waals surface area (Å²) in [6.07, 6.45) is 3.86. The van der Waals surface area contributed by atoms with Crippen LogP contribution in [-0.2, 0) is 9.59 Å². The summed E-state index contributed by atoms with van der Waals surface area (Å²) in [5, 5.41) is 6.08. The number of ether oxygens (including phenoxy) is 1. The number of para-hydroxylation sites is 1. The zero-order valence-corrected chi connectivity index (χ0v) is 15.9. The molecule has 2 amide bonds. The van der Waals surface area contributed by atoms with Gasteiger partial charge < -0.3 is 15.4 Å². The number of nitrogens with one attached hydrogen (secondary N) is 2. The smallest absolute Gasteiger partial charge is 0.237 e. The molecule has 144 valence electrons. The van der Waals surface area contributed by atoms with E-state index in [1.807, 2.05) is 55.5 Å². The Bertz CT molecular complexity index is 956. The lowest BCUT2D eigenvalue weighted by molar-refractivity contribution is -0.160. The van der Waals surface area contributed by atoms with Crippen molar-refractivity contribution in [2.24, 2.45) is 11.8 Å². The molecule has 2 aliphatic heterocycles. The van der Waals surface area contributed by atoms with E-state index in [2.05, 4.69) is 10.6 Å². The van der Waals surface area contributed by atoms with Gasteiger partial charge in [0.05, 0.1) is 0 Å². The van der Waals surface area contributed by atoms with Crippen LogP contribution in [-0.4, -0.2) is 17.5 Å². The van der Waals surface area contributed by atoms with Gasteiger partial charge in [-0.2, -0.15) is 0 Å². The first-order valence-electron chi connectivity index (χ1n) is 10.0. The first kappa shape index (κ1) is 17.3. The van der Waals surface area contributed by atoms with Crippen molar-refractivity contribution < 1.29 is 14.3 Å². The highest BCUT2D eigenvalue weighted by molar-refractivity contribution is 6.08. The maximum Gasteiger partial charge on any atom is 0.237 e. The third kappa shape index (κ3) is 2.60. The summed E-state index contributed by atoms with van der Waals surface area (Å²) >= 11 is 0. The van der Waals surface area contributed by atoms with Gasteiger partial charge in [-0.1, -0.05) is 36.8 Å². The lowest BCUT2D eigenvalue weighted by Gasteiger charge is -2.55. The molecular formula is C23H24N2O3. The molecule has 2 aromatic carbocycles. The lowest BCUT2D eigenvalue weighted by Crippen LogP contribution is -2.69. The van der Waals surface area contributed by atoms with E-state index in [0.717, 1.165) is 48.2 Å². The van der Waals surface area contributed by atoms with E-state index in [-0.39, 0.29) is 23.7 Å². The fourth-order valence-electron chi connectivity index (χ4n) is 5.30. The number of hydrogen-bond donors (Lipinski definition) is 2. The van der Waals surface area contributed by atoms with Crippen LogP contribution in [0, 0.1) is 18.8 Å². The zero-order chi connectivity index (χ0) is 19.3. The second-order valence-corrected chi connectivity index (χ2v) is 8.23. The normalized spacial score (nSPS) is 30.3. The minimum Gasteiger partial charge on any atom is -0.467 e. The summed E-state index contributed by atoms with van der Waals surface area (Å²) in [6, 6.07) is 15.5. The highest BCUT2D eigenvalue weighted by atomic mass is 16.5. The predicted octanol–water partition coefficient (Wildman–Crippen LogP) is 3.74. The fraction of sp³-hybridized carbons (Fsp3) is 0.391. The van der Waals surface area contributed by atoms with Crippen LogP contribution in [0.3, 0.4) is 0 Å². The summed E-state index contributed by atoms with van der Waals surface area (Å²) in [5.74, 6) is -0.501. The van der Waals surface area contributed by atoms with E-state index in [4.69, 9.17) is 4.74 Å². The third-order valence-corrected chi connectivity index (χ3v) is 6.46. The monoisotopic (exact) mass is 376 g/mol. The molecule has 2 aromatic rings. The van der Waals surface area contributed by atoms with Gasteiger partial charge in [0.1, 0.15) is 11.7 Å². The number of carbonyl (C=O) groups excluding carboxylic acids is 2. The molecule has 0 radical (unpaired) electrons. The molecule has 1 saturated carbocycles. The molecule has 0 unspecified atom stereocenters. The molecule has 1 saturated heterocycles. The Labute approximate surface area is 164 Å². The highest BCUT2D eigenvalue weighted by Gasteiger charge is 2.60. The SMILES string of the molecule is Cc1cccc(NC(=O)[C@@H]2C(=O)N[C@@]34CCCC[C@@H]3[C@@H]2c2ccccc2O4)c1.